The van der Waals surface area contributed by atoms with E-state index in [0.717, 1.165) is 12.8 Å². The summed E-state index contributed by atoms with van der Waals surface area (Å²) < 4.78 is 14.2. The third-order valence-corrected chi connectivity index (χ3v) is 3.83. The molecule has 0 bridgehead atoms. The first kappa shape index (κ1) is 14.3. The van der Waals surface area contributed by atoms with Crippen molar-refractivity contribution in [1.82, 2.24) is 0 Å². The molecular formula is C15H22FNO2. The van der Waals surface area contributed by atoms with E-state index in [9.17, 15) is 9.50 Å². The molecule has 1 fully saturated rings. The van der Waals surface area contributed by atoms with E-state index in [4.69, 9.17) is 5.11 Å². The zero-order valence-corrected chi connectivity index (χ0v) is 11.3. The van der Waals surface area contributed by atoms with Crippen molar-refractivity contribution in [2.75, 3.05) is 18.1 Å². The van der Waals surface area contributed by atoms with Gasteiger partial charge in [-0.25, -0.2) is 4.39 Å². The second kappa shape index (κ2) is 6.35. The Morgan fingerprint density at radius 2 is 2.16 bits per heavy atom. The van der Waals surface area contributed by atoms with Gasteiger partial charge in [-0.1, -0.05) is 12.1 Å². The average Bonchev–Trinajstić information content (AvgIpc) is 2.32. The molecule has 1 aromatic carbocycles. The lowest BCUT2D eigenvalue weighted by atomic mass is 9.90. The molecule has 0 heterocycles. The molecule has 2 rings (SSSR count). The second-order valence-electron chi connectivity index (χ2n) is 5.21. The minimum Gasteiger partial charge on any atom is -0.396 e. The van der Waals surface area contributed by atoms with Crippen LogP contribution in [0, 0.1) is 5.82 Å². The van der Waals surface area contributed by atoms with Crippen molar-refractivity contribution >= 4 is 5.69 Å². The first-order valence-electron chi connectivity index (χ1n) is 6.99. The van der Waals surface area contributed by atoms with E-state index in [1.165, 1.54) is 12.5 Å². The van der Waals surface area contributed by atoms with Crippen LogP contribution in [0.3, 0.4) is 0 Å². The molecular weight excluding hydrogens is 245 g/mol. The molecule has 0 radical (unpaired) electrons. The molecule has 1 aliphatic rings. The zero-order valence-electron chi connectivity index (χ0n) is 11.3. The topological polar surface area (TPSA) is 43.7 Å². The van der Waals surface area contributed by atoms with Gasteiger partial charge in [0.2, 0.25) is 0 Å². The van der Waals surface area contributed by atoms with E-state index < -0.39 is 6.10 Å². The largest absolute Gasteiger partial charge is 0.396 e. The predicted molar refractivity (Wildman–Crippen MR) is 73.7 cm³/mol. The molecule has 106 valence electrons. The number of rotatable bonds is 6. The molecule has 0 saturated heterocycles. The molecule has 0 aliphatic heterocycles. The second-order valence-corrected chi connectivity index (χ2v) is 5.21. The molecule has 19 heavy (non-hydrogen) atoms. The van der Waals surface area contributed by atoms with Gasteiger partial charge in [0.15, 0.2) is 0 Å². The molecule has 1 atom stereocenters. The lowest BCUT2D eigenvalue weighted by Crippen LogP contribution is -2.42. The Morgan fingerprint density at radius 1 is 1.42 bits per heavy atom. The summed E-state index contributed by atoms with van der Waals surface area (Å²) in [6.45, 7) is 2.38. The maximum atomic E-state index is 14.2. The van der Waals surface area contributed by atoms with Crippen molar-refractivity contribution in [3.05, 3.63) is 29.6 Å². The van der Waals surface area contributed by atoms with Crippen LogP contribution < -0.4 is 4.90 Å². The minimum atomic E-state index is -0.692. The van der Waals surface area contributed by atoms with Crippen LogP contribution in [0.4, 0.5) is 10.1 Å². The van der Waals surface area contributed by atoms with E-state index in [-0.39, 0.29) is 12.4 Å². The molecule has 2 N–H and O–H groups in total. The molecule has 3 nitrogen and oxygen atoms in total. The Hall–Kier alpha value is -1.13. The summed E-state index contributed by atoms with van der Waals surface area (Å²) >= 11 is 0. The summed E-state index contributed by atoms with van der Waals surface area (Å²) in [7, 11) is 0. The highest BCUT2D eigenvalue weighted by molar-refractivity contribution is 5.57. The Balaban J connectivity index is 2.33. The summed E-state index contributed by atoms with van der Waals surface area (Å²) in [6.07, 6.45) is 3.20. The lowest BCUT2D eigenvalue weighted by Gasteiger charge is -2.40. The molecule has 0 unspecified atom stereocenters. The minimum absolute atomic E-state index is 0.0989. The Morgan fingerprint density at radius 3 is 2.68 bits per heavy atom. The van der Waals surface area contributed by atoms with Gasteiger partial charge in [0.25, 0.3) is 0 Å². The normalized spacial score (nSPS) is 17.1. The Labute approximate surface area is 113 Å². The smallest absolute Gasteiger partial charge is 0.146 e. The van der Waals surface area contributed by atoms with Crippen molar-refractivity contribution in [3.8, 4) is 0 Å². The maximum Gasteiger partial charge on any atom is 0.146 e. The summed E-state index contributed by atoms with van der Waals surface area (Å²) in [4.78, 5) is 2.02. The van der Waals surface area contributed by atoms with Gasteiger partial charge in [-0.2, -0.15) is 0 Å². The number of nitrogens with zero attached hydrogens (tertiary/aromatic N) is 1. The predicted octanol–water partition coefficient (Wildman–Crippen LogP) is 2.62. The van der Waals surface area contributed by atoms with Crippen LogP contribution in [-0.2, 0) is 0 Å². The van der Waals surface area contributed by atoms with Crippen LogP contribution in [0.5, 0.6) is 0 Å². The van der Waals surface area contributed by atoms with E-state index in [1.807, 2.05) is 4.90 Å². The molecule has 0 aromatic heterocycles. The fourth-order valence-corrected chi connectivity index (χ4v) is 2.59. The Kier molecular flexibility index (Phi) is 4.77. The molecule has 1 aliphatic carbocycles. The van der Waals surface area contributed by atoms with Crippen LogP contribution >= 0.6 is 0 Å². The van der Waals surface area contributed by atoms with Gasteiger partial charge < -0.3 is 15.1 Å². The summed E-state index contributed by atoms with van der Waals surface area (Å²) in [5.41, 5.74) is 1.14. The van der Waals surface area contributed by atoms with Crippen molar-refractivity contribution in [2.24, 2.45) is 0 Å². The van der Waals surface area contributed by atoms with Gasteiger partial charge in [-0.15, -0.1) is 0 Å². The van der Waals surface area contributed by atoms with Crippen molar-refractivity contribution in [2.45, 2.75) is 44.8 Å². The fraction of sp³-hybridized carbons (Fsp3) is 0.600. The Bertz CT molecular complexity index is 419. The number of benzene rings is 1. The van der Waals surface area contributed by atoms with Gasteiger partial charge in [0.05, 0.1) is 11.8 Å². The van der Waals surface area contributed by atoms with E-state index in [0.29, 0.717) is 30.3 Å². The number of hydrogen-bond donors (Lipinski definition) is 2. The zero-order chi connectivity index (χ0) is 13.8. The fourth-order valence-electron chi connectivity index (χ4n) is 2.59. The van der Waals surface area contributed by atoms with Gasteiger partial charge in [0, 0.05) is 24.8 Å². The van der Waals surface area contributed by atoms with Gasteiger partial charge in [-0.3, -0.25) is 0 Å². The van der Waals surface area contributed by atoms with Crippen LogP contribution in [-0.4, -0.2) is 29.4 Å². The third-order valence-electron chi connectivity index (χ3n) is 3.83. The van der Waals surface area contributed by atoms with E-state index >= 15 is 0 Å². The van der Waals surface area contributed by atoms with Gasteiger partial charge in [0.1, 0.15) is 5.82 Å². The monoisotopic (exact) mass is 267 g/mol. The van der Waals surface area contributed by atoms with Crippen molar-refractivity contribution < 1.29 is 14.6 Å². The highest BCUT2D eigenvalue weighted by Gasteiger charge is 2.28. The summed E-state index contributed by atoms with van der Waals surface area (Å²) in [5, 5.41) is 18.8. The van der Waals surface area contributed by atoms with Crippen molar-refractivity contribution in [1.29, 1.82) is 0 Å². The molecule has 4 heteroatoms. The number of para-hydroxylation sites is 1. The molecule has 1 saturated carbocycles. The molecule has 1 aromatic rings. The lowest BCUT2D eigenvalue weighted by molar-refractivity contribution is 0.198. The first-order chi connectivity index (χ1) is 9.15. The van der Waals surface area contributed by atoms with Crippen LogP contribution in [0.25, 0.3) is 0 Å². The van der Waals surface area contributed by atoms with Crippen LogP contribution in [0.15, 0.2) is 18.2 Å². The molecule has 0 spiro atoms. The maximum absolute atomic E-state index is 14.2. The SMILES string of the molecule is C[C@@H](O)c1cccc(F)c1N(CCCO)C1CCC1. The highest BCUT2D eigenvalue weighted by atomic mass is 19.1. The molecule has 0 amide bonds. The van der Waals surface area contributed by atoms with E-state index in [1.54, 1.807) is 19.1 Å². The average molecular weight is 267 g/mol. The standard InChI is InChI=1S/C15H22FNO2/c1-11(19)13-7-3-8-14(16)15(13)17(9-4-10-18)12-5-2-6-12/h3,7-8,11-12,18-19H,2,4-6,9-10H2,1H3/t11-/m1/s1. The van der Waals surface area contributed by atoms with Gasteiger partial charge in [-0.05, 0) is 38.7 Å². The number of aliphatic hydroxyl groups excluding tert-OH is 2. The number of hydrogen-bond acceptors (Lipinski definition) is 3. The first-order valence-corrected chi connectivity index (χ1v) is 6.99. The quantitative estimate of drug-likeness (QED) is 0.832. The van der Waals surface area contributed by atoms with Gasteiger partial charge >= 0.3 is 0 Å². The number of anilines is 1. The summed E-state index contributed by atoms with van der Waals surface area (Å²) in [5.74, 6) is -0.289. The summed E-state index contributed by atoms with van der Waals surface area (Å²) in [6, 6.07) is 5.17. The van der Waals surface area contributed by atoms with Crippen LogP contribution in [0.1, 0.15) is 44.3 Å². The number of aliphatic hydroxyl groups is 2. The van der Waals surface area contributed by atoms with E-state index in [2.05, 4.69) is 0 Å². The van der Waals surface area contributed by atoms with Crippen molar-refractivity contribution in [3.63, 3.8) is 0 Å². The van der Waals surface area contributed by atoms with Crippen LogP contribution in [0.2, 0.25) is 0 Å². The third kappa shape index (κ3) is 3.07. The highest BCUT2D eigenvalue weighted by Crippen LogP contribution is 2.35. The number of halogens is 1.